The molecule has 1 amide bonds. The predicted molar refractivity (Wildman–Crippen MR) is 73.4 cm³/mol. The molecule has 1 N–H and O–H groups in total. The number of hydrogen-bond donors (Lipinski definition) is 1. The maximum atomic E-state index is 12.5. The molecule has 0 bridgehead atoms. The standard InChI is InChI=1S/C15H21NO3/c1-10-4-5-14(19-3)13(8-10)15(18)16-7-6-12(9-16)11(2)17/h4-5,8,11-12,17H,6-7,9H2,1-3H3. The van der Waals surface area contributed by atoms with Gasteiger partial charge in [0.05, 0.1) is 18.8 Å². The molecule has 0 spiro atoms. The molecule has 1 aromatic carbocycles. The maximum Gasteiger partial charge on any atom is 0.257 e. The lowest BCUT2D eigenvalue weighted by Gasteiger charge is -2.19. The van der Waals surface area contributed by atoms with Gasteiger partial charge in [-0.2, -0.15) is 0 Å². The molecule has 19 heavy (non-hydrogen) atoms. The fraction of sp³-hybridized carbons (Fsp3) is 0.533. The Labute approximate surface area is 114 Å². The second-order valence-corrected chi connectivity index (χ2v) is 5.24. The van der Waals surface area contributed by atoms with E-state index >= 15 is 0 Å². The van der Waals surface area contributed by atoms with Gasteiger partial charge in [-0.15, -0.1) is 0 Å². The lowest BCUT2D eigenvalue weighted by molar-refractivity contribution is 0.0759. The molecular formula is C15H21NO3. The van der Waals surface area contributed by atoms with E-state index in [1.165, 1.54) is 0 Å². The van der Waals surface area contributed by atoms with Crippen molar-refractivity contribution in [2.75, 3.05) is 20.2 Å². The number of carbonyl (C=O) groups excluding carboxylic acids is 1. The van der Waals surface area contributed by atoms with Gasteiger partial charge in [-0.25, -0.2) is 0 Å². The van der Waals surface area contributed by atoms with Crippen molar-refractivity contribution >= 4 is 5.91 Å². The van der Waals surface area contributed by atoms with Gasteiger partial charge in [-0.3, -0.25) is 4.79 Å². The van der Waals surface area contributed by atoms with Crippen LogP contribution in [0.1, 0.15) is 29.3 Å². The van der Waals surface area contributed by atoms with E-state index in [1.807, 2.05) is 25.1 Å². The molecular weight excluding hydrogens is 242 g/mol. The van der Waals surface area contributed by atoms with Crippen LogP contribution in [-0.2, 0) is 0 Å². The van der Waals surface area contributed by atoms with Crippen molar-refractivity contribution in [2.24, 2.45) is 5.92 Å². The average Bonchev–Trinajstić information content (AvgIpc) is 2.87. The van der Waals surface area contributed by atoms with Gasteiger partial charge >= 0.3 is 0 Å². The molecule has 1 heterocycles. The summed E-state index contributed by atoms with van der Waals surface area (Å²) >= 11 is 0. The van der Waals surface area contributed by atoms with Crippen LogP contribution in [0.3, 0.4) is 0 Å². The first-order valence-corrected chi connectivity index (χ1v) is 6.65. The molecule has 0 aromatic heterocycles. The summed E-state index contributed by atoms with van der Waals surface area (Å²) in [5.74, 6) is 0.777. The number of rotatable bonds is 3. The first-order chi connectivity index (χ1) is 9.02. The molecule has 104 valence electrons. The van der Waals surface area contributed by atoms with E-state index in [-0.39, 0.29) is 17.9 Å². The van der Waals surface area contributed by atoms with Crippen LogP contribution in [-0.4, -0.2) is 42.2 Å². The lowest BCUT2D eigenvalue weighted by Crippen LogP contribution is -2.30. The normalized spacial score (nSPS) is 20.4. The second-order valence-electron chi connectivity index (χ2n) is 5.24. The average molecular weight is 263 g/mol. The third kappa shape index (κ3) is 2.89. The highest BCUT2D eigenvalue weighted by molar-refractivity contribution is 5.97. The van der Waals surface area contributed by atoms with Crippen LogP contribution in [0.25, 0.3) is 0 Å². The molecule has 1 aliphatic heterocycles. The molecule has 1 aliphatic rings. The Morgan fingerprint density at radius 2 is 2.26 bits per heavy atom. The molecule has 1 aromatic rings. The first-order valence-electron chi connectivity index (χ1n) is 6.65. The van der Waals surface area contributed by atoms with Gasteiger partial charge in [-0.1, -0.05) is 11.6 Å². The van der Waals surface area contributed by atoms with Gasteiger partial charge in [-0.05, 0) is 32.4 Å². The van der Waals surface area contributed by atoms with E-state index in [2.05, 4.69) is 0 Å². The van der Waals surface area contributed by atoms with Gasteiger partial charge in [0, 0.05) is 19.0 Å². The monoisotopic (exact) mass is 263 g/mol. The van der Waals surface area contributed by atoms with E-state index in [0.29, 0.717) is 24.4 Å². The summed E-state index contributed by atoms with van der Waals surface area (Å²) in [5, 5.41) is 9.60. The van der Waals surface area contributed by atoms with Crippen LogP contribution in [0.4, 0.5) is 0 Å². The molecule has 4 nitrogen and oxygen atoms in total. The molecule has 2 atom stereocenters. The SMILES string of the molecule is COc1ccc(C)cc1C(=O)N1CCC(C(C)O)C1. The Morgan fingerprint density at radius 3 is 2.84 bits per heavy atom. The van der Waals surface area contributed by atoms with E-state index < -0.39 is 0 Å². The summed E-state index contributed by atoms with van der Waals surface area (Å²) in [4.78, 5) is 14.3. The van der Waals surface area contributed by atoms with Gasteiger partial charge in [0.1, 0.15) is 5.75 Å². The van der Waals surface area contributed by atoms with E-state index in [1.54, 1.807) is 18.9 Å². The third-order valence-electron chi connectivity index (χ3n) is 3.78. The number of aryl methyl sites for hydroxylation is 1. The van der Waals surface area contributed by atoms with Crippen molar-refractivity contribution in [3.63, 3.8) is 0 Å². The fourth-order valence-electron chi connectivity index (χ4n) is 2.52. The number of amides is 1. The molecule has 1 fully saturated rings. The summed E-state index contributed by atoms with van der Waals surface area (Å²) in [7, 11) is 1.57. The highest BCUT2D eigenvalue weighted by Crippen LogP contribution is 2.26. The van der Waals surface area contributed by atoms with E-state index in [4.69, 9.17) is 4.74 Å². The van der Waals surface area contributed by atoms with Crippen molar-refractivity contribution in [3.8, 4) is 5.75 Å². The molecule has 0 radical (unpaired) electrons. The summed E-state index contributed by atoms with van der Waals surface area (Å²) in [6.45, 7) is 5.06. The number of methoxy groups -OCH3 is 1. The summed E-state index contributed by atoms with van der Waals surface area (Å²) in [5.41, 5.74) is 1.64. The number of nitrogens with zero attached hydrogens (tertiary/aromatic N) is 1. The fourth-order valence-corrected chi connectivity index (χ4v) is 2.52. The second kappa shape index (κ2) is 5.61. The molecule has 4 heteroatoms. The van der Waals surface area contributed by atoms with E-state index in [9.17, 15) is 9.90 Å². The van der Waals surface area contributed by atoms with Crippen molar-refractivity contribution < 1.29 is 14.6 Å². The van der Waals surface area contributed by atoms with Crippen molar-refractivity contribution in [3.05, 3.63) is 29.3 Å². The van der Waals surface area contributed by atoms with Gasteiger partial charge < -0.3 is 14.7 Å². The Balaban J connectivity index is 2.19. The smallest absolute Gasteiger partial charge is 0.257 e. The quantitative estimate of drug-likeness (QED) is 0.905. The highest BCUT2D eigenvalue weighted by atomic mass is 16.5. The lowest BCUT2D eigenvalue weighted by atomic mass is 10.0. The van der Waals surface area contributed by atoms with E-state index in [0.717, 1.165) is 12.0 Å². The predicted octanol–water partition coefficient (Wildman–Crippen LogP) is 1.85. The van der Waals surface area contributed by atoms with Crippen LogP contribution in [0, 0.1) is 12.8 Å². The minimum atomic E-state index is -0.364. The van der Waals surface area contributed by atoms with Crippen molar-refractivity contribution in [1.29, 1.82) is 0 Å². The van der Waals surface area contributed by atoms with Crippen LogP contribution < -0.4 is 4.74 Å². The minimum Gasteiger partial charge on any atom is -0.496 e. The zero-order chi connectivity index (χ0) is 14.0. The summed E-state index contributed by atoms with van der Waals surface area (Å²) in [6, 6.07) is 5.61. The summed E-state index contributed by atoms with van der Waals surface area (Å²) < 4.78 is 5.26. The highest BCUT2D eigenvalue weighted by Gasteiger charge is 2.30. The number of likely N-dealkylation sites (tertiary alicyclic amines) is 1. The number of ether oxygens (including phenoxy) is 1. The van der Waals surface area contributed by atoms with Gasteiger partial charge in [0.25, 0.3) is 5.91 Å². The number of benzene rings is 1. The number of carbonyl (C=O) groups is 1. The minimum absolute atomic E-state index is 0.0105. The molecule has 0 saturated carbocycles. The van der Waals surface area contributed by atoms with Crippen LogP contribution in [0.2, 0.25) is 0 Å². The Hall–Kier alpha value is -1.55. The summed E-state index contributed by atoms with van der Waals surface area (Å²) in [6.07, 6.45) is 0.495. The first kappa shape index (κ1) is 13.9. The Bertz CT molecular complexity index is 470. The Morgan fingerprint density at radius 1 is 1.53 bits per heavy atom. The number of aliphatic hydroxyl groups excluding tert-OH is 1. The van der Waals surface area contributed by atoms with Crippen molar-refractivity contribution in [2.45, 2.75) is 26.4 Å². The van der Waals surface area contributed by atoms with Gasteiger partial charge in [0.15, 0.2) is 0 Å². The number of aliphatic hydroxyl groups is 1. The largest absolute Gasteiger partial charge is 0.496 e. The van der Waals surface area contributed by atoms with Crippen LogP contribution >= 0.6 is 0 Å². The van der Waals surface area contributed by atoms with Gasteiger partial charge in [0.2, 0.25) is 0 Å². The maximum absolute atomic E-state index is 12.5. The van der Waals surface area contributed by atoms with Crippen molar-refractivity contribution in [1.82, 2.24) is 4.90 Å². The zero-order valence-corrected chi connectivity index (χ0v) is 11.7. The third-order valence-corrected chi connectivity index (χ3v) is 3.78. The number of hydrogen-bond acceptors (Lipinski definition) is 3. The molecule has 1 saturated heterocycles. The molecule has 2 unspecified atom stereocenters. The molecule has 2 rings (SSSR count). The Kier molecular flexibility index (Phi) is 4.10. The zero-order valence-electron chi connectivity index (χ0n) is 11.7. The molecule has 0 aliphatic carbocycles. The van der Waals surface area contributed by atoms with Crippen LogP contribution in [0.5, 0.6) is 5.75 Å². The topological polar surface area (TPSA) is 49.8 Å². The van der Waals surface area contributed by atoms with Crippen LogP contribution in [0.15, 0.2) is 18.2 Å².